The number of aromatic nitrogens is 2. The van der Waals surface area contributed by atoms with Crippen molar-refractivity contribution >= 4 is 38.1 Å². The molecule has 0 radical (unpaired) electrons. The Balaban J connectivity index is 0.000000121. The molecule has 0 aliphatic heterocycles. The van der Waals surface area contributed by atoms with E-state index < -0.39 is 0 Å². The van der Waals surface area contributed by atoms with Crippen molar-refractivity contribution < 1.29 is 13.2 Å². The third-order valence-electron chi connectivity index (χ3n) is 2.58. The fourth-order valence-corrected chi connectivity index (χ4v) is 2.01. The Kier molecular flexibility index (Phi) is 3.47. The Morgan fingerprint density at radius 3 is 2.15 bits per heavy atom. The van der Waals surface area contributed by atoms with Gasteiger partial charge < -0.3 is 8.83 Å². The molecule has 0 unspecified atom stereocenters. The average Bonchev–Trinajstić information content (AvgIpc) is 3.06. The van der Waals surface area contributed by atoms with Gasteiger partial charge in [-0.25, -0.2) is 14.4 Å². The van der Waals surface area contributed by atoms with Crippen molar-refractivity contribution in [3.8, 4) is 0 Å². The standard InChI is InChI=1S/C7H4BrNO.C7H4FNO/c2*8-5-1-2-7-6(3-5)9-4-10-7/h2*1-4H. The van der Waals surface area contributed by atoms with Crippen LogP contribution in [0.25, 0.3) is 22.2 Å². The number of fused-ring (bicyclic) bond motifs is 2. The molecule has 0 aliphatic carbocycles. The van der Waals surface area contributed by atoms with Crippen LogP contribution in [-0.2, 0) is 0 Å². The minimum atomic E-state index is -0.290. The highest BCUT2D eigenvalue weighted by atomic mass is 79.9. The molecule has 2 aromatic carbocycles. The summed E-state index contributed by atoms with van der Waals surface area (Å²) in [6, 6.07) is 9.95. The molecule has 0 N–H and O–H groups in total. The second kappa shape index (κ2) is 5.42. The Labute approximate surface area is 121 Å². The molecule has 0 spiro atoms. The molecule has 0 aliphatic rings. The molecule has 6 heteroatoms. The van der Waals surface area contributed by atoms with Crippen LogP contribution in [-0.4, -0.2) is 9.97 Å². The Bertz CT molecular complexity index is 784. The number of hydrogen-bond acceptors (Lipinski definition) is 4. The molecular weight excluding hydrogens is 327 g/mol. The number of hydrogen-bond donors (Lipinski definition) is 0. The van der Waals surface area contributed by atoms with Crippen molar-refractivity contribution in [2.45, 2.75) is 0 Å². The normalized spacial score (nSPS) is 10.5. The Morgan fingerprint density at radius 1 is 0.850 bits per heavy atom. The number of benzene rings is 2. The first-order valence-electron chi connectivity index (χ1n) is 5.70. The summed E-state index contributed by atoms with van der Waals surface area (Å²) in [6.45, 7) is 0. The highest BCUT2D eigenvalue weighted by Crippen LogP contribution is 2.17. The summed E-state index contributed by atoms with van der Waals surface area (Å²) in [5, 5.41) is 0. The Hall–Kier alpha value is -2.21. The topological polar surface area (TPSA) is 52.1 Å². The van der Waals surface area contributed by atoms with Gasteiger partial charge in [-0.1, -0.05) is 15.9 Å². The lowest BCUT2D eigenvalue weighted by molar-refractivity contribution is 0.599. The van der Waals surface area contributed by atoms with Crippen LogP contribution >= 0.6 is 15.9 Å². The lowest BCUT2D eigenvalue weighted by Gasteiger charge is -1.85. The molecule has 0 fully saturated rings. The first-order chi connectivity index (χ1) is 9.72. The SMILES string of the molecule is Brc1ccc2ocnc2c1.Fc1ccc2ocnc2c1. The van der Waals surface area contributed by atoms with Crippen molar-refractivity contribution in [1.82, 2.24) is 9.97 Å². The predicted octanol–water partition coefficient (Wildman–Crippen LogP) is 4.56. The number of halogens is 2. The fraction of sp³-hybridized carbons (Fsp3) is 0. The second-order valence-corrected chi connectivity index (χ2v) is 4.84. The maximum absolute atomic E-state index is 12.4. The zero-order valence-corrected chi connectivity index (χ0v) is 11.7. The van der Waals surface area contributed by atoms with Gasteiger partial charge in [0, 0.05) is 10.5 Å². The summed E-state index contributed by atoms with van der Waals surface area (Å²) < 4.78 is 23.4. The van der Waals surface area contributed by atoms with Crippen LogP contribution in [0.3, 0.4) is 0 Å². The van der Waals surface area contributed by atoms with Crippen LogP contribution in [0.4, 0.5) is 4.39 Å². The van der Waals surface area contributed by atoms with Gasteiger partial charge >= 0.3 is 0 Å². The number of oxazole rings is 2. The molecule has 0 atom stereocenters. The van der Waals surface area contributed by atoms with Crippen molar-refractivity contribution in [3.05, 3.63) is 59.5 Å². The van der Waals surface area contributed by atoms with Gasteiger partial charge in [-0.05, 0) is 30.3 Å². The van der Waals surface area contributed by atoms with Crippen molar-refractivity contribution in [1.29, 1.82) is 0 Å². The maximum atomic E-state index is 12.4. The minimum absolute atomic E-state index is 0.290. The molecule has 4 aromatic rings. The van der Waals surface area contributed by atoms with Crippen LogP contribution in [0.5, 0.6) is 0 Å². The summed E-state index contributed by atoms with van der Waals surface area (Å²) in [7, 11) is 0. The monoisotopic (exact) mass is 334 g/mol. The molecule has 0 saturated carbocycles. The number of rotatable bonds is 0. The van der Waals surface area contributed by atoms with E-state index in [-0.39, 0.29) is 5.82 Å². The predicted molar refractivity (Wildman–Crippen MR) is 75.7 cm³/mol. The van der Waals surface area contributed by atoms with E-state index in [1.54, 1.807) is 6.07 Å². The fourth-order valence-electron chi connectivity index (χ4n) is 1.66. The lowest BCUT2D eigenvalue weighted by Crippen LogP contribution is -1.71. The van der Waals surface area contributed by atoms with Gasteiger partial charge in [0.2, 0.25) is 0 Å². The van der Waals surface area contributed by atoms with Crippen LogP contribution in [0.2, 0.25) is 0 Å². The molecule has 2 aromatic heterocycles. The van der Waals surface area contributed by atoms with Gasteiger partial charge in [0.25, 0.3) is 0 Å². The highest BCUT2D eigenvalue weighted by molar-refractivity contribution is 9.10. The van der Waals surface area contributed by atoms with E-state index in [2.05, 4.69) is 25.9 Å². The first-order valence-corrected chi connectivity index (χ1v) is 6.49. The zero-order valence-electron chi connectivity index (χ0n) is 10.1. The van der Waals surface area contributed by atoms with E-state index in [1.165, 1.54) is 24.9 Å². The summed E-state index contributed by atoms with van der Waals surface area (Å²) in [6.07, 6.45) is 2.74. The smallest absolute Gasteiger partial charge is 0.181 e. The van der Waals surface area contributed by atoms with Crippen molar-refractivity contribution in [2.75, 3.05) is 0 Å². The van der Waals surface area contributed by atoms with Gasteiger partial charge in [0.15, 0.2) is 24.0 Å². The third kappa shape index (κ3) is 2.70. The first kappa shape index (κ1) is 12.8. The quantitative estimate of drug-likeness (QED) is 0.473. The summed E-state index contributed by atoms with van der Waals surface area (Å²) >= 11 is 3.34. The summed E-state index contributed by atoms with van der Waals surface area (Å²) in [5.41, 5.74) is 2.87. The van der Waals surface area contributed by atoms with E-state index >= 15 is 0 Å². The number of nitrogens with zero attached hydrogens (tertiary/aromatic N) is 2. The van der Waals surface area contributed by atoms with E-state index in [0.717, 1.165) is 15.6 Å². The summed E-state index contributed by atoms with van der Waals surface area (Å²) in [5.74, 6) is -0.290. The molecule has 20 heavy (non-hydrogen) atoms. The van der Waals surface area contributed by atoms with E-state index in [1.807, 2.05) is 18.2 Å². The molecule has 100 valence electrons. The molecule has 4 nitrogen and oxygen atoms in total. The van der Waals surface area contributed by atoms with Crippen LogP contribution in [0.1, 0.15) is 0 Å². The van der Waals surface area contributed by atoms with Crippen LogP contribution in [0.15, 0.2) is 62.5 Å². The van der Waals surface area contributed by atoms with Crippen molar-refractivity contribution in [3.63, 3.8) is 0 Å². The molecule has 0 amide bonds. The molecule has 0 saturated heterocycles. The molecule has 2 heterocycles. The average molecular weight is 335 g/mol. The maximum Gasteiger partial charge on any atom is 0.181 e. The molecular formula is C14H8BrFN2O2. The van der Waals surface area contributed by atoms with Crippen molar-refractivity contribution in [2.24, 2.45) is 0 Å². The van der Waals surface area contributed by atoms with E-state index in [0.29, 0.717) is 11.1 Å². The molecule has 4 rings (SSSR count). The third-order valence-corrected chi connectivity index (χ3v) is 3.08. The van der Waals surface area contributed by atoms with E-state index in [4.69, 9.17) is 8.83 Å². The lowest BCUT2D eigenvalue weighted by atomic mass is 10.3. The zero-order chi connectivity index (χ0) is 13.9. The minimum Gasteiger partial charge on any atom is -0.443 e. The highest BCUT2D eigenvalue weighted by Gasteiger charge is 1.97. The van der Waals surface area contributed by atoms with Gasteiger partial charge in [0.1, 0.15) is 16.9 Å². The van der Waals surface area contributed by atoms with Crippen LogP contribution in [0, 0.1) is 5.82 Å². The largest absolute Gasteiger partial charge is 0.443 e. The second-order valence-electron chi connectivity index (χ2n) is 3.93. The summed E-state index contributed by atoms with van der Waals surface area (Å²) in [4.78, 5) is 7.76. The van der Waals surface area contributed by atoms with Gasteiger partial charge in [0.05, 0.1) is 0 Å². The van der Waals surface area contributed by atoms with Gasteiger partial charge in [-0.15, -0.1) is 0 Å². The Morgan fingerprint density at radius 2 is 1.45 bits per heavy atom. The van der Waals surface area contributed by atoms with Crippen LogP contribution < -0.4 is 0 Å². The van der Waals surface area contributed by atoms with E-state index in [9.17, 15) is 4.39 Å². The van der Waals surface area contributed by atoms with Gasteiger partial charge in [-0.2, -0.15) is 0 Å². The van der Waals surface area contributed by atoms with Gasteiger partial charge in [-0.3, -0.25) is 0 Å². The molecule has 0 bridgehead atoms.